The molecule has 190 valence electrons. The molecule has 1 fully saturated rings. The van der Waals surface area contributed by atoms with Crippen LogP contribution in [0.15, 0.2) is 46.9 Å². The molecule has 0 aliphatic heterocycles. The molecule has 0 radical (unpaired) electrons. The fourth-order valence-electron chi connectivity index (χ4n) is 4.72. The van der Waals surface area contributed by atoms with Crippen molar-refractivity contribution in [3.63, 3.8) is 0 Å². The van der Waals surface area contributed by atoms with E-state index in [1.165, 1.54) is 14.2 Å². The molecular weight excluding hydrogens is 476 g/mol. The fourth-order valence-corrected chi connectivity index (χ4v) is 4.72. The number of aromatic carboxylic acids is 1. The molecule has 0 saturated heterocycles. The summed E-state index contributed by atoms with van der Waals surface area (Å²) in [6, 6.07) is 12.0. The number of ether oxygens (including phenoxy) is 2. The lowest BCUT2D eigenvalue weighted by Crippen LogP contribution is -2.13. The SMILES string of the molecule is CCc1nc(C2CC2)c(C(=O)O)n1Cc1ccc2oc(-c3ccccc3C(=O)OC)c(C(=O)OC)c2c1. The topological polar surface area (TPSA) is 121 Å². The highest BCUT2D eigenvalue weighted by Crippen LogP contribution is 2.42. The van der Waals surface area contributed by atoms with Crippen molar-refractivity contribution in [2.45, 2.75) is 38.6 Å². The van der Waals surface area contributed by atoms with Gasteiger partial charge in [-0.2, -0.15) is 0 Å². The zero-order valence-electron chi connectivity index (χ0n) is 20.7. The van der Waals surface area contributed by atoms with Crippen LogP contribution in [0.4, 0.5) is 0 Å². The van der Waals surface area contributed by atoms with Gasteiger partial charge >= 0.3 is 17.9 Å². The Kier molecular flexibility index (Phi) is 6.29. The summed E-state index contributed by atoms with van der Waals surface area (Å²) in [5.41, 5.74) is 2.88. The first-order chi connectivity index (χ1) is 17.9. The van der Waals surface area contributed by atoms with Gasteiger partial charge in [0.1, 0.15) is 17.0 Å². The van der Waals surface area contributed by atoms with E-state index in [0.717, 1.165) is 18.4 Å². The molecule has 2 aromatic carbocycles. The van der Waals surface area contributed by atoms with Crippen LogP contribution in [-0.2, 0) is 22.4 Å². The largest absolute Gasteiger partial charge is 0.477 e. The number of carboxylic acids is 1. The van der Waals surface area contributed by atoms with Gasteiger partial charge in [-0.05, 0) is 36.6 Å². The summed E-state index contributed by atoms with van der Waals surface area (Å²) in [5, 5.41) is 10.5. The van der Waals surface area contributed by atoms with Gasteiger partial charge in [0.05, 0.1) is 25.5 Å². The number of furan rings is 1. The maximum atomic E-state index is 12.9. The summed E-state index contributed by atoms with van der Waals surface area (Å²) in [5.74, 6) is -1.10. The van der Waals surface area contributed by atoms with E-state index in [1.54, 1.807) is 41.0 Å². The normalized spacial score (nSPS) is 13.1. The Labute approximate surface area is 212 Å². The molecule has 0 atom stereocenters. The predicted molar refractivity (Wildman–Crippen MR) is 134 cm³/mol. The number of hydrogen-bond acceptors (Lipinski definition) is 7. The van der Waals surface area contributed by atoms with E-state index < -0.39 is 17.9 Å². The Morgan fingerprint density at radius 1 is 1.08 bits per heavy atom. The number of imidazole rings is 1. The van der Waals surface area contributed by atoms with Crippen LogP contribution in [0.1, 0.15) is 74.0 Å². The predicted octanol–water partition coefficient (Wildman–Crippen LogP) is 5.06. The van der Waals surface area contributed by atoms with E-state index in [4.69, 9.17) is 13.9 Å². The quantitative estimate of drug-likeness (QED) is 0.332. The summed E-state index contributed by atoms with van der Waals surface area (Å²) in [6.45, 7) is 2.21. The summed E-state index contributed by atoms with van der Waals surface area (Å²) in [4.78, 5) is 42.2. The minimum Gasteiger partial charge on any atom is -0.477 e. The zero-order chi connectivity index (χ0) is 26.3. The zero-order valence-corrected chi connectivity index (χ0v) is 20.7. The molecule has 2 aromatic heterocycles. The third kappa shape index (κ3) is 4.26. The van der Waals surface area contributed by atoms with E-state index >= 15 is 0 Å². The van der Waals surface area contributed by atoms with Crippen molar-refractivity contribution >= 4 is 28.9 Å². The first-order valence-electron chi connectivity index (χ1n) is 12.0. The van der Waals surface area contributed by atoms with Crippen molar-refractivity contribution in [3.8, 4) is 11.3 Å². The average Bonchev–Trinajstić information content (AvgIpc) is 3.59. The van der Waals surface area contributed by atoms with Crippen LogP contribution in [0.2, 0.25) is 0 Å². The van der Waals surface area contributed by atoms with E-state index in [2.05, 4.69) is 4.98 Å². The molecule has 9 nitrogen and oxygen atoms in total. The smallest absolute Gasteiger partial charge is 0.354 e. The number of hydrogen-bond donors (Lipinski definition) is 1. The summed E-state index contributed by atoms with van der Waals surface area (Å²) < 4.78 is 17.8. The van der Waals surface area contributed by atoms with Gasteiger partial charge in [0, 0.05) is 29.8 Å². The number of rotatable bonds is 8. The molecule has 2 heterocycles. The van der Waals surface area contributed by atoms with Crippen molar-refractivity contribution in [2.75, 3.05) is 14.2 Å². The average molecular weight is 503 g/mol. The van der Waals surface area contributed by atoms with Gasteiger partial charge in [-0.15, -0.1) is 0 Å². The summed E-state index contributed by atoms with van der Waals surface area (Å²) in [7, 11) is 2.56. The third-order valence-corrected chi connectivity index (χ3v) is 6.62. The van der Waals surface area contributed by atoms with E-state index in [9.17, 15) is 19.5 Å². The minimum absolute atomic E-state index is 0.175. The van der Waals surface area contributed by atoms with Crippen molar-refractivity contribution in [1.82, 2.24) is 9.55 Å². The Balaban J connectivity index is 1.65. The van der Waals surface area contributed by atoms with Crippen LogP contribution >= 0.6 is 0 Å². The lowest BCUT2D eigenvalue weighted by atomic mass is 10.00. The molecular formula is C28H26N2O7. The first kappa shape index (κ1) is 24.3. The molecule has 0 unspecified atom stereocenters. The Morgan fingerprint density at radius 3 is 2.46 bits per heavy atom. The minimum atomic E-state index is -1.00. The number of methoxy groups -OCH3 is 2. The second-order valence-corrected chi connectivity index (χ2v) is 8.95. The van der Waals surface area contributed by atoms with Crippen molar-refractivity contribution in [3.05, 3.63) is 76.4 Å². The van der Waals surface area contributed by atoms with Crippen LogP contribution in [0.5, 0.6) is 0 Å². The number of nitrogens with zero attached hydrogens (tertiary/aromatic N) is 2. The first-order valence-corrected chi connectivity index (χ1v) is 12.0. The number of fused-ring (bicyclic) bond motifs is 1. The second-order valence-electron chi connectivity index (χ2n) is 8.95. The fraction of sp³-hybridized carbons (Fsp3) is 0.286. The third-order valence-electron chi connectivity index (χ3n) is 6.62. The molecule has 1 aliphatic carbocycles. The molecule has 0 spiro atoms. The Bertz CT molecular complexity index is 1540. The Hall–Kier alpha value is -4.40. The van der Waals surface area contributed by atoms with Crippen LogP contribution in [0.25, 0.3) is 22.3 Å². The van der Waals surface area contributed by atoms with Crippen LogP contribution in [0.3, 0.4) is 0 Å². The molecule has 0 amide bonds. The maximum absolute atomic E-state index is 12.9. The molecule has 1 saturated carbocycles. The molecule has 1 aliphatic rings. The van der Waals surface area contributed by atoms with E-state index in [0.29, 0.717) is 34.5 Å². The van der Waals surface area contributed by atoms with Gasteiger partial charge in [0.2, 0.25) is 0 Å². The van der Waals surface area contributed by atoms with Gasteiger partial charge < -0.3 is 23.6 Å². The van der Waals surface area contributed by atoms with Gasteiger partial charge in [-0.25, -0.2) is 19.4 Å². The number of aromatic nitrogens is 2. The lowest BCUT2D eigenvalue weighted by molar-refractivity contribution is 0.0590. The van der Waals surface area contributed by atoms with Gasteiger partial charge in [-0.3, -0.25) is 0 Å². The van der Waals surface area contributed by atoms with E-state index in [1.807, 2.05) is 13.0 Å². The van der Waals surface area contributed by atoms with Crippen LogP contribution in [0, 0.1) is 0 Å². The van der Waals surface area contributed by atoms with Gasteiger partial charge in [0.25, 0.3) is 0 Å². The molecule has 9 heteroatoms. The Morgan fingerprint density at radius 2 is 1.81 bits per heavy atom. The highest BCUT2D eigenvalue weighted by atomic mass is 16.5. The number of carboxylic acid groups (broad SMARTS) is 1. The van der Waals surface area contributed by atoms with Crippen LogP contribution in [-0.4, -0.2) is 46.8 Å². The number of carbonyl (C=O) groups is 3. The highest BCUT2D eigenvalue weighted by Gasteiger charge is 2.34. The van der Waals surface area contributed by atoms with Gasteiger partial charge in [-0.1, -0.05) is 31.2 Å². The standard InChI is InChI=1S/C28H26N2O7/c1-4-21-29-23(16-10-11-16)24(26(31)32)30(21)14-15-9-12-20-19(13-15)22(28(34)36-3)25(37-20)17-7-5-6-8-18(17)27(33)35-2/h5-9,12-13,16H,4,10-11,14H2,1-3H3,(H,31,32). The van der Waals surface area contributed by atoms with Crippen molar-refractivity contribution in [1.29, 1.82) is 0 Å². The molecule has 5 rings (SSSR count). The molecule has 1 N–H and O–H groups in total. The van der Waals surface area contributed by atoms with Crippen molar-refractivity contribution < 1.29 is 33.4 Å². The molecule has 0 bridgehead atoms. The summed E-state index contributed by atoms with van der Waals surface area (Å²) >= 11 is 0. The van der Waals surface area contributed by atoms with E-state index in [-0.39, 0.29) is 35.0 Å². The van der Waals surface area contributed by atoms with Crippen LogP contribution < -0.4 is 0 Å². The maximum Gasteiger partial charge on any atom is 0.354 e. The number of esters is 2. The lowest BCUT2D eigenvalue weighted by Gasteiger charge is -2.10. The molecule has 4 aromatic rings. The highest BCUT2D eigenvalue weighted by molar-refractivity contribution is 6.10. The van der Waals surface area contributed by atoms with Crippen molar-refractivity contribution in [2.24, 2.45) is 0 Å². The number of carbonyl (C=O) groups excluding carboxylic acids is 2. The second kappa shape index (κ2) is 9.57. The monoisotopic (exact) mass is 502 g/mol. The number of aryl methyl sites for hydroxylation is 1. The number of benzene rings is 2. The summed E-state index contributed by atoms with van der Waals surface area (Å²) in [6.07, 6.45) is 2.47. The van der Waals surface area contributed by atoms with Gasteiger partial charge in [0.15, 0.2) is 11.5 Å². The molecule has 37 heavy (non-hydrogen) atoms.